The second kappa shape index (κ2) is 8.38. The fraction of sp³-hybridized carbons (Fsp3) is 0.150. The summed E-state index contributed by atoms with van der Waals surface area (Å²) < 4.78 is 46.8. The molecule has 0 saturated heterocycles. The normalized spacial score (nSPS) is 11.4. The van der Waals surface area contributed by atoms with E-state index in [1.54, 1.807) is 5.38 Å². The van der Waals surface area contributed by atoms with Crippen LogP contribution in [0.25, 0.3) is 17.1 Å². The van der Waals surface area contributed by atoms with Crippen molar-refractivity contribution >= 4 is 22.4 Å². The van der Waals surface area contributed by atoms with Crippen LogP contribution in [0.2, 0.25) is 0 Å². The number of rotatable bonds is 5. The largest absolute Gasteiger partial charge is 0.480 e. The van der Waals surface area contributed by atoms with Gasteiger partial charge in [0.25, 0.3) is 5.91 Å². The predicted molar refractivity (Wildman–Crippen MR) is 111 cm³/mol. The van der Waals surface area contributed by atoms with E-state index < -0.39 is 23.3 Å². The van der Waals surface area contributed by atoms with Crippen LogP contribution < -0.4 is 10.1 Å². The Morgan fingerprint density at radius 2 is 1.94 bits per heavy atom. The number of nitrogens with one attached hydrogen (secondary N) is 1. The molecule has 1 N–H and O–H groups in total. The van der Waals surface area contributed by atoms with Crippen LogP contribution in [-0.2, 0) is 6.18 Å². The maximum atomic E-state index is 13.8. The van der Waals surface area contributed by atoms with Gasteiger partial charge in [0.1, 0.15) is 0 Å². The number of amides is 1. The highest BCUT2D eigenvalue weighted by molar-refractivity contribution is 7.14. The van der Waals surface area contributed by atoms with E-state index in [9.17, 15) is 18.0 Å². The molecule has 0 saturated carbocycles. The molecule has 32 heavy (non-hydrogen) atoms. The van der Waals surface area contributed by atoms with Gasteiger partial charge in [-0.2, -0.15) is 18.3 Å². The van der Waals surface area contributed by atoms with Gasteiger partial charge in [-0.15, -0.1) is 21.5 Å². The maximum Gasteiger partial charge on any atom is 0.434 e. The zero-order valence-electron chi connectivity index (χ0n) is 16.7. The molecule has 0 aliphatic heterocycles. The number of aromatic nitrogens is 5. The Kier molecular flexibility index (Phi) is 5.61. The minimum Gasteiger partial charge on any atom is -0.480 e. The van der Waals surface area contributed by atoms with Gasteiger partial charge in [0, 0.05) is 17.0 Å². The molecule has 4 aromatic rings. The highest BCUT2D eigenvalue weighted by atomic mass is 32.1. The Morgan fingerprint density at radius 1 is 1.16 bits per heavy atom. The molecular formula is C20H15F3N6O2S. The highest BCUT2D eigenvalue weighted by Gasteiger charge is 2.41. The second-order valence-electron chi connectivity index (χ2n) is 6.56. The van der Waals surface area contributed by atoms with E-state index in [2.05, 4.69) is 25.6 Å². The number of alkyl halides is 3. The molecular weight excluding hydrogens is 445 g/mol. The minimum absolute atomic E-state index is 0.126. The first-order valence-electron chi connectivity index (χ1n) is 9.14. The van der Waals surface area contributed by atoms with Crippen molar-refractivity contribution in [2.75, 3.05) is 12.4 Å². The quantitative estimate of drug-likeness (QED) is 0.475. The first kappa shape index (κ1) is 21.4. The maximum absolute atomic E-state index is 13.8. The van der Waals surface area contributed by atoms with Crippen molar-refractivity contribution in [1.82, 2.24) is 25.0 Å². The van der Waals surface area contributed by atoms with E-state index >= 15 is 0 Å². The molecule has 0 radical (unpaired) electrons. The van der Waals surface area contributed by atoms with Crippen LogP contribution in [0.4, 0.5) is 18.3 Å². The van der Waals surface area contributed by atoms with E-state index in [0.29, 0.717) is 10.4 Å². The summed E-state index contributed by atoms with van der Waals surface area (Å²) in [5.41, 5.74) is 0.527. The van der Waals surface area contributed by atoms with Crippen LogP contribution in [0.5, 0.6) is 5.88 Å². The first-order valence-corrected chi connectivity index (χ1v) is 10.0. The SMILES string of the molecule is COc1ccc(-n2ncc(C(=O)Nc3nc(-c4ccccc4C)cs3)c2C(F)(F)F)nn1. The average molecular weight is 460 g/mol. The fourth-order valence-corrected chi connectivity index (χ4v) is 3.68. The number of nitrogens with zero attached hydrogens (tertiary/aromatic N) is 5. The topological polar surface area (TPSA) is 94.8 Å². The van der Waals surface area contributed by atoms with Gasteiger partial charge in [0.15, 0.2) is 16.6 Å². The van der Waals surface area contributed by atoms with Gasteiger partial charge in [-0.25, -0.2) is 9.67 Å². The highest BCUT2D eigenvalue weighted by Crippen LogP contribution is 2.34. The molecule has 0 unspecified atom stereocenters. The Hall–Kier alpha value is -3.80. The number of ether oxygens (including phenoxy) is 1. The van der Waals surface area contributed by atoms with Gasteiger partial charge >= 0.3 is 6.18 Å². The van der Waals surface area contributed by atoms with Crippen molar-refractivity contribution in [2.45, 2.75) is 13.1 Å². The van der Waals surface area contributed by atoms with Crippen LogP contribution >= 0.6 is 11.3 Å². The monoisotopic (exact) mass is 460 g/mol. The number of hydrogen-bond acceptors (Lipinski definition) is 7. The molecule has 3 heterocycles. The van der Waals surface area contributed by atoms with Crippen LogP contribution in [0.1, 0.15) is 21.6 Å². The summed E-state index contributed by atoms with van der Waals surface area (Å²) in [6, 6.07) is 10.1. The van der Waals surface area contributed by atoms with Gasteiger partial charge in [-0.3, -0.25) is 10.1 Å². The van der Waals surface area contributed by atoms with E-state index in [1.807, 2.05) is 31.2 Å². The van der Waals surface area contributed by atoms with Gasteiger partial charge in [-0.1, -0.05) is 24.3 Å². The summed E-state index contributed by atoms with van der Waals surface area (Å²) in [6.45, 7) is 1.92. The average Bonchev–Trinajstić information content (AvgIpc) is 3.41. The summed E-state index contributed by atoms with van der Waals surface area (Å²) in [6.07, 6.45) is -4.04. The minimum atomic E-state index is -4.88. The van der Waals surface area contributed by atoms with E-state index in [-0.39, 0.29) is 16.8 Å². The van der Waals surface area contributed by atoms with E-state index in [0.717, 1.165) is 28.7 Å². The van der Waals surface area contributed by atoms with Crippen molar-refractivity contribution < 1.29 is 22.7 Å². The number of anilines is 1. The van der Waals surface area contributed by atoms with Gasteiger partial charge in [0.05, 0.1) is 24.6 Å². The third-order valence-corrected chi connectivity index (χ3v) is 5.24. The summed E-state index contributed by atoms with van der Waals surface area (Å²) in [7, 11) is 1.35. The molecule has 3 aromatic heterocycles. The van der Waals surface area contributed by atoms with Crippen LogP contribution in [0.15, 0.2) is 48.0 Å². The van der Waals surface area contributed by atoms with Crippen molar-refractivity contribution in [3.63, 3.8) is 0 Å². The zero-order chi connectivity index (χ0) is 22.9. The Bertz CT molecular complexity index is 1270. The Balaban J connectivity index is 1.64. The number of aryl methyl sites for hydroxylation is 1. The smallest absolute Gasteiger partial charge is 0.434 e. The second-order valence-corrected chi connectivity index (χ2v) is 7.42. The molecule has 0 spiro atoms. The van der Waals surface area contributed by atoms with Crippen LogP contribution in [-0.4, -0.2) is 38.0 Å². The molecule has 164 valence electrons. The molecule has 1 aromatic carbocycles. The van der Waals surface area contributed by atoms with Crippen molar-refractivity contribution in [1.29, 1.82) is 0 Å². The predicted octanol–water partition coefficient (Wildman–Crippen LogP) is 4.37. The molecule has 0 atom stereocenters. The number of hydrogen-bond donors (Lipinski definition) is 1. The molecule has 0 aliphatic rings. The van der Waals surface area contributed by atoms with E-state index in [4.69, 9.17) is 4.74 Å². The molecule has 8 nitrogen and oxygen atoms in total. The number of carbonyl (C=O) groups is 1. The molecule has 0 fully saturated rings. The third-order valence-electron chi connectivity index (χ3n) is 4.48. The van der Waals surface area contributed by atoms with Crippen molar-refractivity contribution in [3.05, 3.63) is 64.8 Å². The molecule has 0 bridgehead atoms. The van der Waals surface area contributed by atoms with Gasteiger partial charge in [0.2, 0.25) is 5.88 Å². The van der Waals surface area contributed by atoms with Crippen LogP contribution in [0.3, 0.4) is 0 Å². The summed E-state index contributed by atoms with van der Waals surface area (Å²) in [5.74, 6) is -1.08. The Morgan fingerprint density at radius 3 is 2.59 bits per heavy atom. The van der Waals surface area contributed by atoms with Crippen molar-refractivity contribution in [2.24, 2.45) is 0 Å². The standard InChI is InChI=1S/C20H15F3N6O2S/c1-11-5-3-4-6-12(11)14-10-32-19(25-14)26-18(30)13-9-24-29(17(13)20(21,22)23)15-7-8-16(31-2)28-27-15/h3-10H,1-2H3,(H,25,26,30). The number of methoxy groups -OCH3 is 1. The molecule has 4 rings (SSSR count). The fourth-order valence-electron chi connectivity index (χ4n) is 2.98. The summed E-state index contributed by atoms with van der Waals surface area (Å²) in [4.78, 5) is 17.0. The lowest BCUT2D eigenvalue weighted by atomic mass is 10.1. The van der Waals surface area contributed by atoms with Gasteiger partial charge in [-0.05, 0) is 18.6 Å². The molecule has 1 amide bonds. The lowest BCUT2D eigenvalue weighted by Gasteiger charge is -2.11. The van der Waals surface area contributed by atoms with E-state index in [1.165, 1.54) is 19.2 Å². The summed E-state index contributed by atoms with van der Waals surface area (Å²) in [5, 5.41) is 15.3. The summed E-state index contributed by atoms with van der Waals surface area (Å²) >= 11 is 1.11. The number of carbonyl (C=O) groups excluding carboxylic acids is 1. The molecule has 12 heteroatoms. The number of halogens is 3. The molecule has 0 aliphatic carbocycles. The first-order chi connectivity index (χ1) is 15.3. The third kappa shape index (κ3) is 4.17. The Labute approximate surface area is 183 Å². The lowest BCUT2D eigenvalue weighted by molar-refractivity contribution is -0.143. The van der Waals surface area contributed by atoms with Crippen molar-refractivity contribution in [3.8, 4) is 23.0 Å². The number of benzene rings is 1. The van der Waals surface area contributed by atoms with Crippen LogP contribution in [0, 0.1) is 6.92 Å². The zero-order valence-corrected chi connectivity index (χ0v) is 17.5. The number of thiazole rings is 1. The van der Waals surface area contributed by atoms with Gasteiger partial charge < -0.3 is 4.74 Å². The lowest BCUT2D eigenvalue weighted by Crippen LogP contribution is -2.21.